The molecule has 0 atom stereocenters. The molecule has 17 heavy (non-hydrogen) atoms. The van der Waals surface area contributed by atoms with E-state index in [1.165, 1.54) is 18.2 Å². The fourth-order valence-corrected chi connectivity index (χ4v) is 1.62. The van der Waals surface area contributed by atoms with Gasteiger partial charge in [0.1, 0.15) is 25.0 Å². The van der Waals surface area contributed by atoms with Crippen molar-refractivity contribution in [1.29, 1.82) is 0 Å². The van der Waals surface area contributed by atoms with Gasteiger partial charge in [-0.2, -0.15) is 0 Å². The van der Waals surface area contributed by atoms with Crippen molar-refractivity contribution in [2.24, 2.45) is 0 Å². The minimum atomic E-state index is -2.69. The molecular formula is C13H17NO3. The molecule has 0 bridgehead atoms. The van der Waals surface area contributed by atoms with E-state index in [1.807, 2.05) is 0 Å². The van der Waals surface area contributed by atoms with Gasteiger partial charge in [-0.25, -0.2) is 0 Å². The Morgan fingerprint density at radius 3 is 2.76 bits per heavy atom. The van der Waals surface area contributed by atoms with Crippen molar-refractivity contribution in [3.8, 4) is 17.2 Å². The van der Waals surface area contributed by atoms with Crippen LogP contribution < -0.4 is 19.5 Å². The highest BCUT2D eigenvalue weighted by Gasteiger charge is 2.17. The molecule has 0 saturated carbocycles. The van der Waals surface area contributed by atoms with Gasteiger partial charge in [0.25, 0.3) is 0 Å². The Balaban J connectivity index is 1.80. The number of nitrogens with one attached hydrogen (secondary N) is 1. The average Bonchev–Trinajstić information content (AvgIpc) is 2.36. The quantitative estimate of drug-likeness (QED) is 0.856. The summed E-state index contributed by atoms with van der Waals surface area (Å²) in [5.74, 6) is 0.195. The number of fused-ring (bicyclic) bond motifs is 1. The second-order valence-corrected chi connectivity index (χ2v) is 3.64. The van der Waals surface area contributed by atoms with Gasteiger partial charge in [-0.1, -0.05) is 0 Å². The Bertz CT molecular complexity index is 665. The predicted molar refractivity (Wildman–Crippen MR) is 64.0 cm³/mol. The smallest absolute Gasteiger partial charge is 0.165 e. The average molecular weight is 243 g/mol. The van der Waals surface area contributed by atoms with Gasteiger partial charge < -0.3 is 19.5 Å². The molecule has 0 amide bonds. The first kappa shape index (κ1) is 5.06. The lowest BCUT2D eigenvalue weighted by molar-refractivity contribution is 0.154. The molecule has 0 unspecified atom stereocenters. The Morgan fingerprint density at radius 1 is 1.18 bits per heavy atom. The minimum absolute atomic E-state index is 0.0171. The molecule has 0 spiro atoms. The van der Waals surface area contributed by atoms with Crippen molar-refractivity contribution in [3.05, 3.63) is 18.2 Å². The topological polar surface area (TPSA) is 39.7 Å². The normalized spacial score (nSPS) is 38.8. The molecule has 2 aliphatic rings. The number of piperidine rings is 1. The second-order valence-electron chi connectivity index (χ2n) is 3.64. The third-order valence-electron chi connectivity index (χ3n) is 2.42. The molecule has 2 aliphatic heterocycles. The zero-order chi connectivity index (χ0) is 18.7. The van der Waals surface area contributed by atoms with Crippen LogP contribution in [-0.4, -0.2) is 32.2 Å². The second kappa shape index (κ2) is 4.84. The maximum atomic E-state index is 7.72. The van der Waals surface area contributed by atoms with Crippen LogP contribution in [0.3, 0.4) is 0 Å². The molecule has 1 aromatic carbocycles. The van der Waals surface area contributed by atoms with Gasteiger partial charge in [0.05, 0.1) is 5.48 Å². The van der Waals surface area contributed by atoms with E-state index in [9.17, 15) is 0 Å². The third-order valence-corrected chi connectivity index (χ3v) is 2.42. The summed E-state index contributed by atoms with van der Waals surface area (Å²) in [6.45, 7) is -9.19. The molecule has 1 aromatic rings. The molecule has 4 nitrogen and oxygen atoms in total. The van der Waals surface area contributed by atoms with Gasteiger partial charge in [-0.3, -0.25) is 0 Å². The highest BCUT2D eigenvalue weighted by Crippen LogP contribution is 2.34. The van der Waals surface area contributed by atoms with E-state index >= 15 is 0 Å². The van der Waals surface area contributed by atoms with Gasteiger partial charge in [-0.05, 0) is 38.0 Å². The molecule has 0 radical (unpaired) electrons. The number of benzene rings is 1. The molecule has 1 saturated heterocycles. The Kier molecular flexibility index (Phi) is 1.44. The lowest BCUT2D eigenvalue weighted by Crippen LogP contribution is -2.34. The van der Waals surface area contributed by atoms with Crippen molar-refractivity contribution in [2.45, 2.75) is 18.9 Å². The lowest BCUT2D eigenvalue weighted by atomic mass is 10.1. The summed E-state index contributed by atoms with van der Waals surface area (Å²) in [4.78, 5) is 0. The lowest BCUT2D eigenvalue weighted by Gasteiger charge is -2.25. The monoisotopic (exact) mass is 243 g/mol. The number of ether oxygens (including phenoxy) is 3. The first-order valence-electron chi connectivity index (χ1n) is 9.27. The molecule has 2 heterocycles. The molecule has 0 aliphatic carbocycles. The van der Waals surface area contributed by atoms with Crippen LogP contribution in [-0.2, 0) is 0 Å². The number of hydrogen-bond donors (Lipinski definition) is 1. The van der Waals surface area contributed by atoms with Crippen molar-refractivity contribution in [3.63, 3.8) is 0 Å². The first-order valence-corrected chi connectivity index (χ1v) is 5.27. The van der Waals surface area contributed by atoms with E-state index < -0.39 is 32.2 Å². The Morgan fingerprint density at radius 2 is 1.94 bits per heavy atom. The van der Waals surface area contributed by atoms with Crippen LogP contribution in [0.15, 0.2) is 18.2 Å². The molecule has 4 heteroatoms. The largest absolute Gasteiger partial charge is 0.490 e. The summed E-state index contributed by atoms with van der Waals surface area (Å²) in [5, 5.41) is 2.27. The van der Waals surface area contributed by atoms with E-state index in [1.54, 1.807) is 0 Å². The Labute approximate surface area is 112 Å². The summed E-state index contributed by atoms with van der Waals surface area (Å²) >= 11 is 0. The molecular weight excluding hydrogens is 218 g/mol. The van der Waals surface area contributed by atoms with Crippen LogP contribution in [0.1, 0.15) is 23.8 Å². The summed E-state index contributed by atoms with van der Waals surface area (Å²) in [5.41, 5.74) is 0. The number of hydrogen-bond acceptors (Lipinski definition) is 4. The van der Waals surface area contributed by atoms with Crippen LogP contribution in [0.2, 0.25) is 0 Å². The first-order chi connectivity index (χ1) is 11.3. The predicted octanol–water partition coefficient (Wildman–Crippen LogP) is 1.59. The molecule has 1 N–H and O–H groups in total. The summed E-state index contributed by atoms with van der Waals surface area (Å²) in [6.07, 6.45) is -0.869. The van der Waals surface area contributed by atoms with Crippen molar-refractivity contribution >= 4 is 0 Å². The van der Waals surface area contributed by atoms with Crippen LogP contribution in [0.5, 0.6) is 17.2 Å². The van der Waals surface area contributed by atoms with Gasteiger partial charge in [0, 0.05) is 11.5 Å². The fraction of sp³-hybridized carbons (Fsp3) is 0.538. The van der Waals surface area contributed by atoms with E-state index in [0.717, 1.165) is 0 Å². The SMILES string of the molecule is [2H]C1([2H])CC(Oc2ccc3c(c2)OC([2H])([2H])C([2H])([2H])O3)CC([2H])([2H])N1. The zero-order valence-electron chi connectivity index (χ0n) is 16.9. The van der Waals surface area contributed by atoms with Gasteiger partial charge >= 0.3 is 0 Å². The number of rotatable bonds is 2. The third kappa shape index (κ3) is 2.47. The van der Waals surface area contributed by atoms with Crippen molar-refractivity contribution < 1.29 is 25.2 Å². The van der Waals surface area contributed by atoms with Crippen molar-refractivity contribution in [1.82, 2.24) is 5.32 Å². The van der Waals surface area contributed by atoms with Crippen LogP contribution in [0.4, 0.5) is 0 Å². The van der Waals surface area contributed by atoms with E-state index in [2.05, 4.69) is 5.32 Å². The van der Waals surface area contributed by atoms with Crippen molar-refractivity contribution in [2.75, 3.05) is 26.1 Å². The standard InChI is InChI=1S/C13H17NO3/c1-2-12-13(16-8-7-15-12)9-11(1)17-10-3-5-14-6-4-10/h1-2,9-10,14H,3-8H2/i5D2,6D2,7D2,8D2. The minimum Gasteiger partial charge on any atom is -0.490 e. The molecule has 3 rings (SSSR count). The van der Waals surface area contributed by atoms with Gasteiger partial charge in [0.2, 0.25) is 0 Å². The fourth-order valence-electron chi connectivity index (χ4n) is 1.62. The molecule has 92 valence electrons. The van der Waals surface area contributed by atoms with Crippen LogP contribution in [0, 0.1) is 0 Å². The van der Waals surface area contributed by atoms with E-state index in [-0.39, 0.29) is 30.1 Å². The van der Waals surface area contributed by atoms with Crippen LogP contribution >= 0.6 is 0 Å². The maximum absolute atomic E-state index is 7.72. The molecule has 1 fully saturated rings. The van der Waals surface area contributed by atoms with Crippen LogP contribution in [0.25, 0.3) is 0 Å². The summed E-state index contributed by atoms with van der Waals surface area (Å²) < 4.78 is 76.8. The van der Waals surface area contributed by atoms with Gasteiger partial charge in [0.15, 0.2) is 11.5 Å². The van der Waals surface area contributed by atoms with E-state index in [4.69, 9.17) is 25.2 Å². The maximum Gasteiger partial charge on any atom is 0.165 e. The highest BCUT2D eigenvalue weighted by atomic mass is 16.6. The molecule has 0 aromatic heterocycles. The summed E-state index contributed by atoms with van der Waals surface area (Å²) in [7, 11) is 0. The Hall–Kier alpha value is -1.42. The highest BCUT2D eigenvalue weighted by molar-refractivity contribution is 5.46. The summed E-state index contributed by atoms with van der Waals surface area (Å²) in [6, 6.07) is 4.13. The van der Waals surface area contributed by atoms with Gasteiger partial charge in [-0.15, -0.1) is 0 Å². The van der Waals surface area contributed by atoms with E-state index in [0.29, 0.717) is 0 Å². The zero-order valence-corrected chi connectivity index (χ0v) is 8.95.